The first-order valence-corrected chi connectivity index (χ1v) is 9.41. The Balaban J connectivity index is 1.94. The first kappa shape index (κ1) is 20.8. The fraction of sp³-hybridized carbons (Fsp3) is 0.333. The molecule has 0 heterocycles. The number of rotatable bonds is 9. The van der Waals surface area contributed by atoms with Crippen LogP contribution in [0, 0.1) is 0 Å². The number of hydrogen-bond acceptors (Lipinski definition) is 4. The first-order valence-electron chi connectivity index (χ1n) is 9.03. The highest BCUT2D eigenvalue weighted by atomic mass is 35.5. The number of halogens is 1. The lowest BCUT2D eigenvalue weighted by Crippen LogP contribution is -2.32. The quantitative estimate of drug-likeness (QED) is 0.479. The van der Waals surface area contributed by atoms with Crippen LogP contribution in [0.25, 0.3) is 0 Å². The molecular weight excluding hydrogens is 366 g/mol. The summed E-state index contributed by atoms with van der Waals surface area (Å²) in [5.74, 6) is -0.0949. The Kier molecular flexibility index (Phi) is 8.14. The van der Waals surface area contributed by atoms with Crippen LogP contribution in [0.15, 0.2) is 48.5 Å². The zero-order valence-corrected chi connectivity index (χ0v) is 16.3. The molecule has 0 spiro atoms. The molecule has 0 aliphatic rings. The highest BCUT2D eigenvalue weighted by Crippen LogP contribution is 2.20. The summed E-state index contributed by atoms with van der Waals surface area (Å²) in [4.78, 5) is 24.4. The minimum absolute atomic E-state index is 0.268. The molecule has 6 heteroatoms. The van der Waals surface area contributed by atoms with E-state index < -0.39 is 6.10 Å². The maximum Gasteiger partial charge on any atom is 0.338 e. The Morgan fingerprint density at radius 2 is 1.85 bits per heavy atom. The van der Waals surface area contributed by atoms with Crippen molar-refractivity contribution in [1.82, 2.24) is 0 Å². The van der Waals surface area contributed by atoms with Crippen LogP contribution < -0.4 is 10.1 Å². The van der Waals surface area contributed by atoms with Gasteiger partial charge in [-0.2, -0.15) is 0 Å². The third-order valence-corrected chi connectivity index (χ3v) is 4.09. The van der Waals surface area contributed by atoms with Gasteiger partial charge in [0, 0.05) is 10.7 Å². The Morgan fingerprint density at radius 3 is 2.48 bits per heavy atom. The van der Waals surface area contributed by atoms with Crippen LogP contribution in [0.2, 0.25) is 5.02 Å². The third-order valence-electron chi connectivity index (χ3n) is 3.86. The van der Waals surface area contributed by atoms with E-state index >= 15 is 0 Å². The molecule has 0 saturated heterocycles. The predicted molar refractivity (Wildman–Crippen MR) is 106 cm³/mol. The third kappa shape index (κ3) is 6.61. The fourth-order valence-electron chi connectivity index (χ4n) is 2.33. The molecule has 1 amide bonds. The molecule has 0 aliphatic heterocycles. The Labute approximate surface area is 164 Å². The lowest BCUT2D eigenvalue weighted by atomic mass is 10.2. The molecular formula is C21H24ClNO4. The highest BCUT2D eigenvalue weighted by molar-refractivity contribution is 6.30. The van der Waals surface area contributed by atoms with Gasteiger partial charge in [0.05, 0.1) is 12.2 Å². The van der Waals surface area contributed by atoms with Gasteiger partial charge in [-0.3, -0.25) is 4.79 Å². The second-order valence-corrected chi connectivity index (χ2v) is 6.46. The first-order chi connectivity index (χ1) is 13.0. The van der Waals surface area contributed by atoms with Crippen LogP contribution in [-0.4, -0.2) is 24.6 Å². The van der Waals surface area contributed by atoms with Gasteiger partial charge in [0.15, 0.2) is 6.10 Å². The Morgan fingerprint density at radius 1 is 1.11 bits per heavy atom. The lowest BCUT2D eigenvalue weighted by molar-refractivity contribution is -0.122. The number of anilines is 1. The largest absolute Gasteiger partial charge is 0.481 e. The van der Waals surface area contributed by atoms with Crippen molar-refractivity contribution < 1.29 is 19.1 Å². The van der Waals surface area contributed by atoms with Crippen molar-refractivity contribution in [3.05, 3.63) is 59.1 Å². The van der Waals surface area contributed by atoms with Crippen molar-refractivity contribution in [2.75, 3.05) is 11.9 Å². The number of carbonyl (C=O) groups is 2. The number of nitrogens with one attached hydrogen (secondary N) is 1. The molecule has 0 fully saturated rings. The standard InChI is InChI=1S/C21H24ClNO4/c1-3-5-13-26-21(25)15-9-11-17(12-10-15)23-20(24)19(4-2)27-18-8-6-7-16(22)14-18/h6-12,14,19H,3-5,13H2,1-2H3,(H,23,24)/t19-/m1/s1. The zero-order valence-electron chi connectivity index (χ0n) is 15.5. The van der Waals surface area contributed by atoms with Crippen LogP contribution in [0.5, 0.6) is 5.75 Å². The van der Waals surface area contributed by atoms with Crippen LogP contribution in [0.3, 0.4) is 0 Å². The minimum atomic E-state index is -0.651. The molecule has 2 aromatic carbocycles. The summed E-state index contributed by atoms with van der Waals surface area (Å²) in [7, 11) is 0. The van der Waals surface area contributed by atoms with Crippen LogP contribution in [-0.2, 0) is 9.53 Å². The van der Waals surface area contributed by atoms with Crippen molar-refractivity contribution in [2.45, 2.75) is 39.2 Å². The van der Waals surface area contributed by atoms with Crippen molar-refractivity contribution in [3.8, 4) is 5.75 Å². The summed E-state index contributed by atoms with van der Waals surface area (Å²) in [6, 6.07) is 13.5. The average molecular weight is 390 g/mol. The molecule has 0 saturated carbocycles. The zero-order chi connectivity index (χ0) is 19.6. The molecule has 5 nitrogen and oxygen atoms in total. The number of esters is 1. The van der Waals surface area contributed by atoms with Gasteiger partial charge >= 0.3 is 5.97 Å². The van der Waals surface area contributed by atoms with E-state index in [1.165, 1.54) is 0 Å². The summed E-state index contributed by atoms with van der Waals surface area (Å²) in [5, 5.41) is 3.34. The number of ether oxygens (including phenoxy) is 2. The second-order valence-electron chi connectivity index (χ2n) is 6.03. The SMILES string of the molecule is CCCCOC(=O)c1ccc(NC(=O)[C@@H](CC)Oc2cccc(Cl)c2)cc1. The monoisotopic (exact) mass is 389 g/mol. The normalized spacial score (nSPS) is 11.5. The topological polar surface area (TPSA) is 64.6 Å². The van der Waals surface area contributed by atoms with Crippen LogP contribution >= 0.6 is 11.6 Å². The Bertz CT molecular complexity index is 761. The molecule has 0 aromatic heterocycles. The van der Waals surface area contributed by atoms with E-state index in [1.807, 2.05) is 13.8 Å². The number of benzene rings is 2. The van der Waals surface area contributed by atoms with Gasteiger partial charge in [0.2, 0.25) is 0 Å². The summed E-state index contributed by atoms with van der Waals surface area (Å²) >= 11 is 5.94. The summed E-state index contributed by atoms with van der Waals surface area (Å²) in [6.45, 7) is 4.31. The number of carbonyl (C=O) groups excluding carboxylic acids is 2. The lowest BCUT2D eigenvalue weighted by Gasteiger charge is -2.17. The highest BCUT2D eigenvalue weighted by Gasteiger charge is 2.19. The van der Waals surface area contributed by atoms with E-state index in [4.69, 9.17) is 21.1 Å². The van der Waals surface area contributed by atoms with E-state index in [-0.39, 0.29) is 11.9 Å². The van der Waals surface area contributed by atoms with Crippen LogP contribution in [0.1, 0.15) is 43.5 Å². The molecule has 2 aromatic rings. The van der Waals surface area contributed by atoms with Gasteiger partial charge in [0.1, 0.15) is 5.75 Å². The van der Waals surface area contributed by atoms with Crippen LogP contribution in [0.4, 0.5) is 5.69 Å². The number of amides is 1. The maximum atomic E-state index is 12.5. The van der Waals surface area contributed by atoms with Gasteiger partial charge in [0.25, 0.3) is 5.91 Å². The second kappa shape index (κ2) is 10.6. The predicted octanol–water partition coefficient (Wildman–Crippen LogP) is 5.09. The van der Waals surface area contributed by atoms with E-state index in [0.29, 0.717) is 35.1 Å². The number of hydrogen-bond donors (Lipinski definition) is 1. The average Bonchev–Trinajstić information content (AvgIpc) is 2.66. The van der Waals surface area contributed by atoms with Crippen molar-refractivity contribution in [3.63, 3.8) is 0 Å². The van der Waals surface area contributed by atoms with E-state index in [2.05, 4.69) is 5.32 Å². The molecule has 0 aliphatic carbocycles. The summed E-state index contributed by atoms with van der Waals surface area (Å²) in [6.07, 6.45) is 1.65. The van der Waals surface area contributed by atoms with Crippen molar-refractivity contribution in [1.29, 1.82) is 0 Å². The van der Waals surface area contributed by atoms with Gasteiger partial charge in [-0.25, -0.2) is 4.79 Å². The van der Waals surface area contributed by atoms with E-state index in [1.54, 1.807) is 48.5 Å². The molecule has 2 rings (SSSR count). The fourth-order valence-corrected chi connectivity index (χ4v) is 2.51. The molecule has 144 valence electrons. The molecule has 1 atom stereocenters. The summed E-state index contributed by atoms with van der Waals surface area (Å²) < 4.78 is 10.9. The van der Waals surface area contributed by atoms with Crippen molar-refractivity contribution >= 4 is 29.2 Å². The van der Waals surface area contributed by atoms with Crippen molar-refractivity contribution in [2.24, 2.45) is 0 Å². The van der Waals surface area contributed by atoms with Gasteiger partial charge < -0.3 is 14.8 Å². The Hall–Kier alpha value is -2.53. The molecule has 27 heavy (non-hydrogen) atoms. The van der Waals surface area contributed by atoms with Gasteiger partial charge in [-0.1, -0.05) is 37.9 Å². The van der Waals surface area contributed by atoms with E-state index in [0.717, 1.165) is 12.8 Å². The molecule has 0 bridgehead atoms. The maximum absolute atomic E-state index is 12.5. The number of unbranched alkanes of at least 4 members (excludes halogenated alkanes) is 1. The minimum Gasteiger partial charge on any atom is -0.481 e. The summed E-state index contributed by atoms with van der Waals surface area (Å²) in [5.41, 5.74) is 1.03. The molecule has 1 N–H and O–H groups in total. The smallest absolute Gasteiger partial charge is 0.338 e. The molecule has 0 radical (unpaired) electrons. The van der Waals surface area contributed by atoms with Gasteiger partial charge in [-0.05, 0) is 55.3 Å². The van der Waals surface area contributed by atoms with E-state index in [9.17, 15) is 9.59 Å². The van der Waals surface area contributed by atoms with Gasteiger partial charge in [-0.15, -0.1) is 0 Å². The molecule has 0 unspecified atom stereocenters.